The molecule has 1 aromatic carbocycles. The first-order valence-electron chi connectivity index (χ1n) is 7.10. The van der Waals surface area contributed by atoms with Gasteiger partial charge in [-0.3, -0.25) is 4.98 Å². The highest BCUT2D eigenvalue weighted by Crippen LogP contribution is 2.25. The number of rotatable bonds is 4. The Bertz CT molecular complexity index is 742. The molecule has 2 aromatic rings. The van der Waals surface area contributed by atoms with Crippen molar-refractivity contribution in [1.29, 1.82) is 0 Å². The van der Waals surface area contributed by atoms with E-state index in [1.54, 1.807) is 18.5 Å². The minimum absolute atomic E-state index is 0.286. The van der Waals surface area contributed by atoms with E-state index in [1.807, 2.05) is 31.2 Å². The lowest BCUT2D eigenvalue weighted by atomic mass is 10.1. The number of hydrogen-bond acceptors (Lipinski definition) is 3. The molecule has 1 N–H and O–H groups in total. The number of pyridine rings is 1. The maximum atomic E-state index is 12.5. The maximum absolute atomic E-state index is 12.5. The first-order valence-corrected chi connectivity index (χ1v) is 8.59. The minimum Gasteiger partial charge on any atom is -0.265 e. The SMILES string of the molecule is CC(NS(=O)(=O)c1ccc2c(c1)CCC2)c1ccncc1. The molecule has 0 aliphatic heterocycles. The van der Waals surface area contributed by atoms with E-state index in [0.29, 0.717) is 4.90 Å². The number of fused-ring (bicyclic) bond motifs is 1. The molecule has 1 unspecified atom stereocenters. The van der Waals surface area contributed by atoms with Crippen LogP contribution in [0.4, 0.5) is 0 Å². The average molecular weight is 302 g/mol. The molecule has 3 rings (SSSR count). The van der Waals surface area contributed by atoms with E-state index in [2.05, 4.69) is 9.71 Å². The zero-order valence-electron chi connectivity index (χ0n) is 11.9. The van der Waals surface area contributed by atoms with Gasteiger partial charge in [-0.15, -0.1) is 0 Å². The first kappa shape index (κ1) is 14.2. The van der Waals surface area contributed by atoms with Crippen LogP contribution in [-0.4, -0.2) is 13.4 Å². The monoisotopic (exact) mass is 302 g/mol. The molecule has 0 saturated carbocycles. The number of nitrogens with one attached hydrogen (secondary N) is 1. The van der Waals surface area contributed by atoms with Gasteiger partial charge in [0.15, 0.2) is 0 Å². The molecule has 4 nitrogen and oxygen atoms in total. The second kappa shape index (κ2) is 5.58. The summed E-state index contributed by atoms with van der Waals surface area (Å²) >= 11 is 0. The molecule has 1 heterocycles. The lowest BCUT2D eigenvalue weighted by Crippen LogP contribution is -2.27. The minimum atomic E-state index is -3.50. The van der Waals surface area contributed by atoms with Crippen molar-refractivity contribution in [3.8, 4) is 0 Å². The van der Waals surface area contributed by atoms with Gasteiger partial charge in [0, 0.05) is 18.4 Å². The topological polar surface area (TPSA) is 59.1 Å². The van der Waals surface area contributed by atoms with Crippen molar-refractivity contribution in [2.75, 3.05) is 0 Å². The Morgan fingerprint density at radius 1 is 1.10 bits per heavy atom. The molecule has 0 saturated heterocycles. The van der Waals surface area contributed by atoms with Gasteiger partial charge in [-0.25, -0.2) is 13.1 Å². The summed E-state index contributed by atoms with van der Waals surface area (Å²) in [5.74, 6) is 0. The average Bonchev–Trinajstić information content (AvgIpc) is 2.95. The normalized spacial score (nSPS) is 15.7. The molecule has 1 aromatic heterocycles. The van der Waals surface area contributed by atoms with Crippen LogP contribution in [0.5, 0.6) is 0 Å². The molecule has 0 bridgehead atoms. The fourth-order valence-corrected chi connectivity index (χ4v) is 4.02. The Hall–Kier alpha value is -1.72. The van der Waals surface area contributed by atoms with Crippen molar-refractivity contribution in [2.45, 2.75) is 37.1 Å². The third-order valence-corrected chi connectivity index (χ3v) is 5.46. The lowest BCUT2D eigenvalue weighted by Gasteiger charge is -2.15. The van der Waals surface area contributed by atoms with Crippen molar-refractivity contribution in [3.63, 3.8) is 0 Å². The number of nitrogens with zero attached hydrogens (tertiary/aromatic N) is 1. The summed E-state index contributed by atoms with van der Waals surface area (Å²) in [5.41, 5.74) is 3.33. The van der Waals surface area contributed by atoms with Gasteiger partial charge in [0.05, 0.1) is 4.90 Å². The summed E-state index contributed by atoms with van der Waals surface area (Å²) in [5, 5.41) is 0. The lowest BCUT2D eigenvalue weighted by molar-refractivity contribution is 0.566. The van der Waals surface area contributed by atoms with Gasteiger partial charge in [-0.2, -0.15) is 0 Å². The van der Waals surface area contributed by atoms with Gasteiger partial charge >= 0.3 is 0 Å². The molecule has 0 amide bonds. The molecule has 5 heteroatoms. The molecule has 110 valence electrons. The third-order valence-electron chi connectivity index (χ3n) is 3.92. The number of aromatic nitrogens is 1. The molecular formula is C16H18N2O2S. The third kappa shape index (κ3) is 2.99. The van der Waals surface area contributed by atoms with E-state index < -0.39 is 10.0 Å². The maximum Gasteiger partial charge on any atom is 0.241 e. The van der Waals surface area contributed by atoms with Gasteiger partial charge < -0.3 is 0 Å². The Labute approximate surface area is 125 Å². The summed E-state index contributed by atoms with van der Waals surface area (Å²) in [6.45, 7) is 1.83. The fraction of sp³-hybridized carbons (Fsp3) is 0.312. The molecule has 21 heavy (non-hydrogen) atoms. The van der Waals surface area contributed by atoms with E-state index >= 15 is 0 Å². The Kier molecular flexibility index (Phi) is 3.78. The van der Waals surface area contributed by atoms with Crippen LogP contribution in [0.3, 0.4) is 0 Å². The number of hydrogen-bond donors (Lipinski definition) is 1. The van der Waals surface area contributed by atoms with E-state index in [0.717, 1.165) is 30.4 Å². The highest BCUT2D eigenvalue weighted by Gasteiger charge is 2.20. The number of benzene rings is 1. The summed E-state index contributed by atoms with van der Waals surface area (Å²) in [7, 11) is -3.50. The Balaban J connectivity index is 1.84. The van der Waals surface area contributed by atoms with Crippen molar-refractivity contribution < 1.29 is 8.42 Å². The smallest absolute Gasteiger partial charge is 0.241 e. The highest BCUT2D eigenvalue weighted by atomic mass is 32.2. The van der Waals surface area contributed by atoms with Gasteiger partial charge in [0.2, 0.25) is 10.0 Å². The van der Waals surface area contributed by atoms with Crippen molar-refractivity contribution in [1.82, 2.24) is 9.71 Å². The molecule has 0 fully saturated rings. The molecule has 0 spiro atoms. The highest BCUT2D eigenvalue weighted by molar-refractivity contribution is 7.89. The van der Waals surface area contributed by atoms with Crippen LogP contribution < -0.4 is 4.72 Å². The van der Waals surface area contributed by atoms with Crippen LogP contribution in [0.25, 0.3) is 0 Å². The molecule has 1 aliphatic rings. The van der Waals surface area contributed by atoms with Crippen LogP contribution in [-0.2, 0) is 22.9 Å². The summed E-state index contributed by atoms with van der Waals surface area (Å²) in [6.07, 6.45) is 6.46. The molecule has 0 radical (unpaired) electrons. The van der Waals surface area contributed by atoms with E-state index in [4.69, 9.17) is 0 Å². The van der Waals surface area contributed by atoms with Crippen LogP contribution in [0.15, 0.2) is 47.6 Å². The number of sulfonamides is 1. The largest absolute Gasteiger partial charge is 0.265 e. The van der Waals surface area contributed by atoms with E-state index in [9.17, 15) is 8.42 Å². The molecule has 1 atom stereocenters. The van der Waals surface area contributed by atoms with E-state index in [-0.39, 0.29) is 6.04 Å². The zero-order chi connectivity index (χ0) is 14.9. The van der Waals surface area contributed by atoms with Crippen LogP contribution in [0.2, 0.25) is 0 Å². The Morgan fingerprint density at radius 2 is 1.81 bits per heavy atom. The standard InChI is InChI=1S/C16H18N2O2S/c1-12(13-7-9-17-10-8-13)18-21(19,20)16-6-5-14-3-2-4-15(14)11-16/h5-12,18H,2-4H2,1H3. The predicted molar refractivity (Wildman–Crippen MR) is 81.4 cm³/mol. The summed E-state index contributed by atoms with van der Waals surface area (Å²) in [6, 6.07) is 8.79. The van der Waals surface area contributed by atoms with Crippen LogP contribution >= 0.6 is 0 Å². The van der Waals surface area contributed by atoms with Gasteiger partial charge in [0.1, 0.15) is 0 Å². The first-order chi connectivity index (χ1) is 10.1. The van der Waals surface area contributed by atoms with Gasteiger partial charge in [0.25, 0.3) is 0 Å². The molecule has 1 aliphatic carbocycles. The van der Waals surface area contributed by atoms with Crippen LogP contribution in [0.1, 0.15) is 36.1 Å². The van der Waals surface area contributed by atoms with E-state index in [1.165, 1.54) is 5.56 Å². The predicted octanol–water partition coefficient (Wildman–Crippen LogP) is 2.61. The summed E-state index contributed by atoms with van der Waals surface area (Å²) in [4.78, 5) is 4.30. The van der Waals surface area contributed by atoms with Crippen molar-refractivity contribution in [3.05, 3.63) is 59.4 Å². The summed E-state index contributed by atoms with van der Waals surface area (Å²) < 4.78 is 27.7. The van der Waals surface area contributed by atoms with Crippen molar-refractivity contribution >= 4 is 10.0 Å². The molecular weight excluding hydrogens is 284 g/mol. The quantitative estimate of drug-likeness (QED) is 0.944. The second-order valence-electron chi connectivity index (χ2n) is 5.41. The van der Waals surface area contributed by atoms with Crippen LogP contribution in [0, 0.1) is 0 Å². The number of aryl methyl sites for hydroxylation is 2. The fourth-order valence-electron chi connectivity index (χ4n) is 2.74. The van der Waals surface area contributed by atoms with Gasteiger partial charge in [-0.05, 0) is 67.1 Å². The Morgan fingerprint density at radius 3 is 2.57 bits per heavy atom. The zero-order valence-corrected chi connectivity index (χ0v) is 12.7. The van der Waals surface area contributed by atoms with Crippen molar-refractivity contribution in [2.24, 2.45) is 0 Å². The van der Waals surface area contributed by atoms with Gasteiger partial charge in [-0.1, -0.05) is 6.07 Å². The second-order valence-corrected chi connectivity index (χ2v) is 7.12.